The van der Waals surface area contributed by atoms with Crippen LogP contribution in [0.5, 0.6) is 0 Å². The fraction of sp³-hybridized carbons (Fsp3) is 1.00. The predicted octanol–water partition coefficient (Wildman–Crippen LogP) is 6.15. The number of rotatable bonds is 10. The van der Waals surface area contributed by atoms with Gasteiger partial charge in [0.05, 0.1) is 0 Å². The van der Waals surface area contributed by atoms with E-state index in [0.29, 0.717) is 0 Å². The molecule has 2 nitrogen and oxygen atoms in total. The van der Waals surface area contributed by atoms with Gasteiger partial charge in [0.25, 0.3) is 0 Å². The zero-order chi connectivity index (χ0) is 14.8. The molecular weight excluding hydrogens is 316 g/mol. The standard InChI is InChI=1S/2C8H17N.Mo/c2*1-4-5-6-7-8(2,3)9;/h2*4-7H2,1-3H3;/q;;+2. The average Bonchev–Trinajstić information content (AvgIpc) is 2.28. The number of hydrogen-bond acceptors (Lipinski definition) is 2. The predicted molar refractivity (Wildman–Crippen MR) is 81.3 cm³/mol. The summed E-state index contributed by atoms with van der Waals surface area (Å²) in [5.74, 6) is 0. The van der Waals surface area contributed by atoms with Crippen molar-refractivity contribution in [3.63, 3.8) is 0 Å². The molecule has 0 fully saturated rings. The van der Waals surface area contributed by atoms with E-state index >= 15 is 0 Å². The number of unbranched alkanes of at least 4 members (excludes halogenated alkanes) is 4. The Morgan fingerprint density at radius 3 is 1.37 bits per heavy atom. The molecule has 0 aromatic carbocycles. The van der Waals surface area contributed by atoms with Gasteiger partial charge in [0.2, 0.25) is 0 Å². The fourth-order valence-electron chi connectivity index (χ4n) is 1.95. The van der Waals surface area contributed by atoms with Gasteiger partial charge in [-0.15, -0.1) is 0 Å². The maximum absolute atomic E-state index is 4.90. The van der Waals surface area contributed by atoms with Gasteiger partial charge in [-0.2, -0.15) is 0 Å². The van der Waals surface area contributed by atoms with E-state index in [9.17, 15) is 0 Å². The molecule has 0 aliphatic heterocycles. The van der Waals surface area contributed by atoms with E-state index in [0.717, 1.165) is 0 Å². The molecule has 0 aromatic rings. The topological polar surface area (TPSA) is 24.7 Å². The zero-order valence-corrected chi connectivity index (χ0v) is 16.0. The van der Waals surface area contributed by atoms with E-state index < -0.39 is 18.2 Å². The van der Waals surface area contributed by atoms with Gasteiger partial charge < -0.3 is 0 Å². The third kappa shape index (κ3) is 11.8. The number of hydrogen-bond donors (Lipinski definition) is 0. The summed E-state index contributed by atoms with van der Waals surface area (Å²) in [5, 5.41) is 0. The molecule has 0 N–H and O–H groups in total. The molecule has 112 valence electrons. The Morgan fingerprint density at radius 2 is 1.05 bits per heavy atom. The quantitative estimate of drug-likeness (QED) is 0.333. The molecule has 0 amide bonds. The molecule has 0 heterocycles. The van der Waals surface area contributed by atoms with Crippen LogP contribution in [0.25, 0.3) is 0 Å². The van der Waals surface area contributed by atoms with Crippen LogP contribution >= 0.6 is 0 Å². The molecule has 19 heavy (non-hydrogen) atoms. The second kappa shape index (κ2) is 10.1. The van der Waals surface area contributed by atoms with Crippen molar-refractivity contribution < 1.29 is 18.2 Å². The van der Waals surface area contributed by atoms with Crippen molar-refractivity contribution in [1.29, 1.82) is 0 Å². The molecule has 0 atom stereocenters. The Labute approximate surface area is 129 Å². The first-order valence-electron chi connectivity index (χ1n) is 7.93. The van der Waals surface area contributed by atoms with Crippen molar-refractivity contribution in [3.05, 3.63) is 0 Å². The SMILES string of the molecule is CCCCCC(C)(C)[N]=[Mo+2]=[N]C(C)(C)CCCCC. The Balaban J connectivity index is 4.29. The molecule has 0 saturated carbocycles. The zero-order valence-electron chi connectivity index (χ0n) is 14.0. The third-order valence-corrected chi connectivity index (χ3v) is 6.19. The monoisotopic (exact) mass is 352 g/mol. The van der Waals surface area contributed by atoms with Crippen molar-refractivity contribution in [1.82, 2.24) is 0 Å². The van der Waals surface area contributed by atoms with Crippen LogP contribution in [-0.4, -0.2) is 11.1 Å². The normalized spacial score (nSPS) is 12.1. The molecular formula is C16H34MoN2+2. The molecule has 0 spiro atoms. The van der Waals surface area contributed by atoms with E-state index in [1.807, 2.05) is 0 Å². The summed E-state index contributed by atoms with van der Waals surface area (Å²) in [6.45, 7) is 13.6. The van der Waals surface area contributed by atoms with Crippen LogP contribution < -0.4 is 0 Å². The molecule has 0 bridgehead atoms. The van der Waals surface area contributed by atoms with Gasteiger partial charge in [0.1, 0.15) is 0 Å². The van der Waals surface area contributed by atoms with Crippen molar-refractivity contribution in [2.24, 2.45) is 6.99 Å². The van der Waals surface area contributed by atoms with Gasteiger partial charge in [-0.3, -0.25) is 0 Å². The van der Waals surface area contributed by atoms with Gasteiger partial charge in [0.15, 0.2) is 0 Å². The van der Waals surface area contributed by atoms with Gasteiger partial charge >= 0.3 is 129 Å². The number of nitrogens with zero attached hydrogens (tertiary/aromatic N) is 2. The second-order valence-corrected chi connectivity index (χ2v) is 8.10. The molecule has 0 unspecified atom stereocenters. The molecule has 0 saturated heterocycles. The summed E-state index contributed by atoms with van der Waals surface area (Å²) in [6, 6.07) is 0. The summed E-state index contributed by atoms with van der Waals surface area (Å²) in [4.78, 5) is 0. The van der Waals surface area contributed by atoms with Crippen molar-refractivity contribution >= 4 is 0 Å². The summed E-state index contributed by atoms with van der Waals surface area (Å²) >= 11 is -0.534. The Bertz CT molecular complexity index is 263. The first-order valence-corrected chi connectivity index (χ1v) is 9.73. The van der Waals surface area contributed by atoms with Crippen LogP contribution in [0.1, 0.15) is 92.9 Å². The minimum atomic E-state index is -0.534. The van der Waals surface area contributed by atoms with E-state index in [-0.39, 0.29) is 11.1 Å². The average molecular weight is 350 g/mol. The van der Waals surface area contributed by atoms with Gasteiger partial charge in [0, 0.05) is 0 Å². The Kier molecular flexibility index (Phi) is 10.2. The fourth-order valence-corrected chi connectivity index (χ4v) is 3.58. The third-order valence-electron chi connectivity index (χ3n) is 3.36. The van der Waals surface area contributed by atoms with Crippen LogP contribution in [0, 0.1) is 0 Å². The molecule has 0 aromatic heterocycles. The van der Waals surface area contributed by atoms with E-state index in [1.165, 1.54) is 51.4 Å². The van der Waals surface area contributed by atoms with Crippen LogP contribution in [0.2, 0.25) is 0 Å². The van der Waals surface area contributed by atoms with Crippen molar-refractivity contribution in [3.8, 4) is 0 Å². The van der Waals surface area contributed by atoms with E-state index in [4.69, 9.17) is 6.99 Å². The van der Waals surface area contributed by atoms with E-state index in [2.05, 4.69) is 41.5 Å². The van der Waals surface area contributed by atoms with E-state index in [1.54, 1.807) is 0 Å². The van der Waals surface area contributed by atoms with Gasteiger partial charge in [-0.05, 0) is 0 Å². The maximum atomic E-state index is 4.90. The first-order chi connectivity index (χ1) is 8.83. The molecule has 0 aliphatic carbocycles. The summed E-state index contributed by atoms with van der Waals surface area (Å²) < 4.78 is 9.81. The summed E-state index contributed by atoms with van der Waals surface area (Å²) in [5.41, 5.74) is 0.306. The minimum absolute atomic E-state index is 0.153. The molecule has 3 heteroatoms. The summed E-state index contributed by atoms with van der Waals surface area (Å²) in [7, 11) is 0. The molecule has 0 radical (unpaired) electrons. The van der Waals surface area contributed by atoms with Crippen LogP contribution in [0.4, 0.5) is 0 Å². The summed E-state index contributed by atoms with van der Waals surface area (Å²) in [6.07, 6.45) is 10.3. The Morgan fingerprint density at radius 1 is 0.684 bits per heavy atom. The molecule has 0 rings (SSSR count). The van der Waals surface area contributed by atoms with Crippen LogP contribution in [0.3, 0.4) is 0 Å². The molecule has 0 aliphatic rings. The van der Waals surface area contributed by atoms with Crippen molar-refractivity contribution in [2.45, 2.75) is 104 Å². The second-order valence-electron chi connectivity index (χ2n) is 6.80. The van der Waals surface area contributed by atoms with Crippen LogP contribution in [-0.2, 0) is 18.2 Å². The first kappa shape index (κ1) is 19.3. The van der Waals surface area contributed by atoms with Crippen molar-refractivity contribution in [2.75, 3.05) is 0 Å². The van der Waals surface area contributed by atoms with Gasteiger partial charge in [-0.25, -0.2) is 0 Å². The van der Waals surface area contributed by atoms with Gasteiger partial charge in [-0.1, -0.05) is 0 Å². The Hall–Kier alpha value is 0.288. The van der Waals surface area contributed by atoms with Crippen LogP contribution in [0.15, 0.2) is 6.99 Å².